The normalized spacial score (nSPS) is 18.2. The molecular formula is C15H25N3. The molecule has 1 aromatic heterocycles. The van der Waals surface area contributed by atoms with Crippen LogP contribution in [-0.2, 0) is 6.42 Å². The lowest BCUT2D eigenvalue weighted by Gasteiger charge is -2.22. The van der Waals surface area contributed by atoms with Crippen LogP contribution >= 0.6 is 0 Å². The maximum atomic E-state index is 4.35. The molecule has 1 saturated carbocycles. The lowest BCUT2D eigenvalue weighted by molar-refractivity contribution is 0.410. The Labute approximate surface area is 110 Å². The highest BCUT2D eigenvalue weighted by Crippen LogP contribution is 2.33. The minimum absolute atomic E-state index is 0.442. The van der Waals surface area contributed by atoms with Gasteiger partial charge in [0.05, 0.1) is 11.4 Å². The predicted molar refractivity (Wildman–Crippen MR) is 74.5 cm³/mol. The van der Waals surface area contributed by atoms with E-state index in [0.717, 1.165) is 23.7 Å². The number of hydrogen-bond donors (Lipinski definition) is 1. The Morgan fingerprint density at radius 3 is 2.67 bits per heavy atom. The Morgan fingerprint density at radius 2 is 2.06 bits per heavy atom. The maximum absolute atomic E-state index is 4.35. The molecule has 2 rings (SSSR count). The quantitative estimate of drug-likeness (QED) is 0.868. The van der Waals surface area contributed by atoms with Crippen LogP contribution in [0.2, 0.25) is 0 Å². The third kappa shape index (κ3) is 3.08. The summed E-state index contributed by atoms with van der Waals surface area (Å²) in [5.41, 5.74) is 3.53. The van der Waals surface area contributed by atoms with Gasteiger partial charge in [0.1, 0.15) is 0 Å². The molecule has 3 nitrogen and oxygen atoms in total. The van der Waals surface area contributed by atoms with E-state index in [9.17, 15) is 0 Å². The Bertz CT molecular complexity index is 383. The lowest BCUT2D eigenvalue weighted by Crippen LogP contribution is -2.21. The third-order valence-corrected chi connectivity index (χ3v) is 4.13. The van der Waals surface area contributed by atoms with Crippen molar-refractivity contribution < 1.29 is 0 Å². The van der Waals surface area contributed by atoms with E-state index >= 15 is 0 Å². The second-order valence-corrected chi connectivity index (χ2v) is 5.47. The van der Waals surface area contributed by atoms with Crippen molar-refractivity contribution in [1.82, 2.24) is 15.5 Å². The zero-order valence-corrected chi connectivity index (χ0v) is 11.9. The highest BCUT2D eigenvalue weighted by Gasteiger charge is 2.22. The average molecular weight is 247 g/mol. The van der Waals surface area contributed by atoms with Gasteiger partial charge in [-0.05, 0) is 44.4 Å². The van der Waals surface area contributed by atoms with E-state index in [4.69, 9.17) is 0 Å². The maximum Gasteiger partial charge on any atom is 0.0676 e. The van der Waals surface area contributed by atoms with E-state index in [0.29, 0.717) is 6.04 Å². The molecule has 1 atom stereocenters. The van der Waals surface area contributed by atoms with Gasteiger partial charge in [0.25, 0.3) is 0 Å². The van der Waals surface area contributed by atoms with Gasteiger partial charge in [-0.25, -0.2) is 0 Å². The summed E-state index contributed by atoms with van der Waals surface area (Å²) >= 11 is 0. The van der Waals surface area contributed by atoms with Crippen LogP contribution in [0.3, 0.4) is 0 Å². The Kier molecular flexibility index (Phi) is 4.70. The predicted octanol–water partition coefficient (Wildman–Crippen LogP) is 3.19. The third-order valence-electron chi connectivity index (χ3n) is 4.13. The standard InChI is InChI=1S/C15H25N3/c1-4-14-13(9-11(2)17-18-14)15(16-3)10-12-7-5-6-8-12/h9,12,15-16H,4-8,10H2,1-3H3. The van der Waals surface area contributed by atoms with Crippen LogP contribution in [-0.4, -0.2) is 17.2 Å². The van der Waals surface area contributed by atoms with E-state index < -0.39 is 0 Å². The molecule has 100 valence electrons. The fraction of sp³-hybridized carbons (Fsp3) is 0.733. The molecule has 0 bridgehead atoms. The molecule has 3 heteroatoms. The molecule has 1 fully saturated rings. The smallest absolute Gasteiger partial charge is 0.0676 e. The van der Waals surface area contributed by atoms with Crippen LogP contribution in [0.5, 0.6) is 0 Å². The Balaban J connectivity index is 2.17. The van der Waals surface area contributed by atoms with Crippen molar-refractivity contribution in [3.05, 3.63) is 23.0 Å². The molecular weight excluding hydrogens is 222 g/mol. The van der Waals surface area contributed by atoms with E-state index in [1.54, 1.807) is 0 Å². The monoisotopic (exact) mass is 247 g/mol. The summed E-state index contributed by atoms with van der Waals surface area (Å²) in [6.45, 7) is 4.18. The molecule has 18 heavy (non-hydrogen) atoms. The molecule has 1 aliphatic rings. The van der Waals surface area contributed by atoms with Crippen molar-refractivity contribution >= 4 is 0 Å². The zero-order chi connectivity index (χ0) is 13.0. The minimum atomic E-state index is 0.442. The van der Waals surface area contributed by atoms with Gasteiger partial charge in [-0.15, -0.1) is 0 Å². The highest BCUT2D eigenvalue weighted by atomic mass is 15.1. The first-order valence-electron chi connectivity index (χ1n) is 7.25. The summed E-state index contributed by atoms with van der Waals surface area (Å²) in [4.78, 5) is 0. The van der Waals surface area contributed by atoms with Crippen molar-refractivity contribution in [2.75, 3.05) is 7.05 Å². The molecule has 0 aliphatic heterocycles. The Morgan fingerprint density at radius 1 is 1.33 bits per heavy atom. The molecule has 1 heterocycles. The molecule has 0 amide bonds. The molecule has 0 spiro atoms. The van der Waals surface area contributed by atoms with Crippen LogP contribution in [0.15, 0.2) is 6.07 Å². The molecule has 1 aliphatic carbocycles. The second-order valence-electron chi connectivity index (χ2n) is 5.47. The number of nitrogens with one attached hydrogen (secondary N) is 1. The SMILES string of the molecule is CCc1nnc(C)cc1C(CC1CCCC1)NC. The van der Waals surface area contributed by atoms with Gasteiger partial charge in [-0.2, -0.15) is 10.2 Å². The van der Waals surface area contributed by atoms with Crippen molar-refractivity contribution in [2.45, 2.75) is 58.4 Å². The summed E-state index contributed by atoms with van der Waals surface area (Å²) < 4.78 is 0. The Hall–Kier alpha value is -0.960. The number of rotatable bonds is 5. The summed E-state index contributed by atoms with van der Waals surface area (Å²) in [6.07, 6.45) is 7.83. The first-order valence-corrected chi connectivity index (χ1v) is 7.25. The van der Waals surface area contributed by atoms with Crippen LogP contribution in [0, 0.1) is 12.8 Å². The van der Waals surface area contributed by atoms with Gasteiger partial charge in [-0.3, -0.25) is 0 Å². The summed E-state index contributed by atoms with van der Waals surface area (Å²) in [6, 6.07) is 2.65. The number of hydrogen-bond acceptors (Lipinski definition) is 3. The topological polar surface area (TPSA) is 37.8 Å². The number of nitrogens with zero attached hydrogens (tertiary/aromatic N) is 2. The fourth-order valence-electron chi connectivity index (χ4n) is 3.09. The average Bonchev–Trinajstić information content (AvgIpc) is 2.88. The van der Waals surface area contributed by atoms with Crippen molar-refractivity contribution in [1.29, 1.82) is 0 Å². The fourth-order valence-corrected chi connectivity index (χ4v) is 3.09. The highest BCUT2D eigenvalue weighted by molar-refractivity contribution is 5.25. The van der Waals surface area contributed by atoms with E-state index in [1.165, 1.54) is 37.7 Å². The van der Waals surface area contributed by atoms with Crippen LogP contribution < -0.4 is 5.32 Å². The first-order chi connectivity index (χ1) is 8.74. The van der Waals surface area contributed by atoms with Gasteiger partial charge < -0.3 is 5.32 Å². The second kappa shape index (κ2) is 6.28. The summed E-state index contributed by atoms with van der Waals surface area (Å²) in [7, 11) is 2.06. The van der Waals surface area contributed by atoms with Crippen molar-refractivity contribution in [3.63, 3.8) is 0 Å². The molecule has 0 aromatic carbocycles. The van der Waals surface area contributed by atoms with Crippen molar-refractivity contribution in [2.24, 2.45) is 5.92 Å². The molecule has 1 N–H and O–H groups in total. The molecule has 0 radical (unpaired) electrons. The lowest BCUT2D eigenvalue weighted by atomic mass is 9.92. The first kappa shape index (κ1) is 13.5. The van der Waals surface area contributed by atoms with E-state index in [-0.39, 0.29) is 0 Å². The van der Waals surface area contributed by atoms with Gasteiger partial charge in [0.2, 0.25) is 0 Å². The largest absolute Gasteiger partial charge is 0.313 e. The van der Waals surface area contributed by atoms with Crippen LogP contribution in [0.1, 0.15) is 62.0 Å². The minimum Gasteiger partial charge on any atom is -0.313 e. The zero-order valence-electron chi connectivity index (χ0n) is 11.9. The van der Waals surface area contributed by atoms with Gasteiger partial charge in [-0.1, -0.05) is 32.6 Å². The van der Waals surface area contributed by atoms with Crippen molar-refractivity contribution in [3.8, 4) is 0 Å². The van der Waals surface area contributed by atoms with E-state index in [2.05, 4.69) is 35.6 Å². The summed E-state index contributed by atoms with van der Waals surface area (Å²) in [5, 5.41) is 12.0. The van der Waals surface area contributed by atoms with Gasteiger partial charge in [0.15, 0.2) is 0 Å². The van der Waals surface area contributed by atoms with Crippen LogP contribution in [0.4, 0.5) is 0 Å². The van der Waals surface area contributed by atoms with Crippen LogP contribution in [0.25, 0.3) is 0 Å². The molecule has 1 unspecified atom stereocenters. The van der Waals surface area contributed by atoms with Gasteiger partial charge in [0, 0.05) is 6.04 Å². The number of aromatic nitrogens is 2. The molecule has 1 aromatic rings. The van der Waals surface area contributed by atoms with Gasteiger partial charge >= 0.3 is 0 Å². The molecule has 0 saturated heterocycles. The summed E-state index contributed by atoms with van der Waals surface area (Å²) in [5.74, 6) is 0.889. The van der Waals surface area contributed by atoms with E-state index in [1.807, 2.05) is 6.92 Å². The number of aryl methyl sites for hydroxylation is 2.